The first-order valence-electron chi connectivity index (χ1n) is 6.55. The molecule has 1 aromatic heterocycles. The largest absolute Gasteiger partial charge is 0.497 e. The molecule has 0 aliphatic carbocycles. The first-order chi connectivity index (χ1) is 10.3. The third kappa shape index (κ3) is 2.81. The summed E-state index contributed by atoms with van der Waals surface area (Å²) in [6, 6.07) is 20.2. The van der Waals surface area contributed by atoms with Crippen molar-refractivity contribution in [1.29, 1.82) is 5.26 Å². The summed E-state index contributed by atoms with van der Waals surface area (Å²) in [5.41, 5.74) is 1.56. The second-order valence-corrected chi connectivity index (χ2v) is 5.70. The van der Waals surface area contributed by atoms with Crippen LogP contribution in [0.25, 0.3) is 21.7 Å². The van der Waals surface area contributed by atoms with Crippen molar-refractivity contribution in [2.75, 3.05) is 7.11 Å². The Balaban J connectivity index is 1.99. The Morgan fingerprint density at radius 3 is 2.57 bits per heavy atom. The zero-order valence-corrected chi connectivity index (χ0v) is 12.4. The monoisotopic (exact) mass is 291 g/mol. The van der Waals surface area contributed by atoms with Crippen LogP contribution in [0.3, 0.4) is 0 Å². The van der Waals surface area contributed by atoms with Crippen LogP contribution in [0.1, 0.15) is 10.4 Å². The molecule has 0 radical (unpaired) electrons. The molecule has 2 nitrogen and oxygen atoms in total. The highest BCUT2D eigenvalue weighted by atomic mass is 32.1. The van der Waals surface area contributed by atoms with Gasteiger partial charge in [-0.05, 0) is 53.4 Å². The molecule has 0 spiro atoms. The number of rotatable bonds is 3. The predicted octanol–water partition coefficient (Wildman–Crippen LogP) is 4.97. The van der Waals surface area contributed by atoms with E-state index in [4.69, 9.17) is 4.74 Å². The summed E-state index contributed by atoms with van der Waals surface area (Å²) in [5.74, 6) is 0.790. The van der Waals surface area contributed by atoms with Gasteiger partial charge in [-0.25, -0.2) is 0 Å². The van der Waals surface area contributed by atoms with Crippen LogP contribution in [-0.4, -0.2) is 7.11 Å². The van der Waals surface area contributed by atoms with Crippen LogP contribution in [0, 0.1) is 11.3 Å². The molecule has 2 aromatic carbocycles. The van der Waals surface area contributed by atoms with Gasteiger partial charge in [0.25, 0.3) is 0 Å². The van der Waals surface area contributed by atoms with Gasteiger partial charge < -0.3 is 4.74 Å². The van der Waals surface area contributed by atoms with Gasteiger partial charge in [0.15, 0.2) is 0 Å². The summed E-state index contributed by atoms with van der Waals surface area (Å²) >= 11 is 1.69. The van der Waals surface area contributed by atoms with E-state index < -0.39 is 0 Å². The van der Waals surface area contributed by atoms with E-state index in [0.717, 1.165) is 16.2 Å². The quantitative estimate of drug-likeness (QED) is 0.638. The average Bonchev–Trinajstić information content (AvgIpc) is 2.95. The lowest BCUT2D eigenvalue weighted by atomic mass is 10.1. The molecule has 1 heterocycles. The molecule has 102 valence electrons. The number of nitrogens with zero attached hydrogens (tertiary/aromatic N) is 1. The molecule has 3 aromatic rings. The van der Waals surface area contributed by atoms with Gasteiger partial charge in [0.2, 0.25) is 0 Å². The molecule has 0 fully saturated rings. The number of nitriles is 1. The fourth-order valence-corrected chi connectivity index (χ4v) is 3.17. The van der Waals surface area contributed by atoms with Crippen molar-refractivity contribution in [3.8, 4) is 11.8 Å². The van der Waals surface area contributed by atoms with E-state index in [1.165, 1.54) is 10.1 Å². The van der Waals surface area contributed by atoms with Gasteiger partial charge >= 0.3 is 0 Å². The van der Waals surface area contributed by atoms with Crippen LogP contribution in [0.4, 0.5) is 0 Å². The van der Waals surface area contributed by atoms with Crippen LogP contribution < -0.4 is 4.74 Å². The third-order valence-corrected chi connectivity index (χ3v) is 4.32. The van der Waals surface area contributed by atoms with Crippen molar-refractivity contribution < 1.29 is 4.74 Å². The van der Waals surface area contributed by atoms with Gasteiger partial charge in [0.05, 0.1) is 18.8 Å². The van der Waals surface area contributed by atoms with Gasteiger partial charge in [-0.1, -0.05) is 18.2 Å². The number of hydrogen-bond donors (Lipinski definition) is 0. The highest BCUT2D eigenvalue weighted by molar-refractivity contribution is 7.19. The normalized spacial score (nSPS) is 11.3. The number of fused-ring (bicyclic) bond motifs is 1. The molecule has 0 saturated heterocycles. The van der Waals surface area contributed by atoms with Crippen molar-refractivity contribution >= 4 is 33.1 Å². The SMILES string of the molecule is COc1ccc(/C(C#N)=C/c2cc3ccccc3s2)cc1. The summed E-state index contributed by atoms with van der Waals surface area (Å²) in [6.45, 7) is 0. The van der Waals surface area contributed by atoms with Crippen LogP contribution in [0.2, 0.25) is 0 Å². The van der Waals surface area contributed by atoms with Crippen molar-refractivity contribution in [2.45, 2.75) is 0 Å². The Bertz CT molecular complexity index is 805. The average molecular weight is 291 g/mol. The van der Waals surface area contributed by atoms with E-state index in [1.807, 2.05) is 42.5 Å². The van der Waals surface area contributed by atoms with Gasteiger partial charge in [0.1, 0.15) is 5.75 Å². The number of hydrogen-bond acceptors (Lipinski definition) is 3. The summed E-state index contributed by atoms with van der Waals surface area (Å²) < 4.78 is 6.37. The van der Waals surface area contributed by atoms with E-state index in [1.54, 1.807) is 18.4 Å². The Morgan fingerprint density at radius 1 is 1.14 bits per heavy atom. The molecular weight excluding hydrogens is 278 g/mol. The van der Waals surface area contributed by atoms with E-state index >= 15 is 0 Å². The number of allylic oxidation sites excluding steroid dienone is 1. The Kier molecular flexibility index (Phi) is 3.72. The predicted molar refractivity (Wildman–Crippen MR) is 88.3 cm³/mol. The van der Waals surface area contributed by atoms with Crippen LogP contribution in [-0.2, 0) is 0 Å². The second kappa shape index (κ2) is 5.82. The first kappa shape index (κ1) is 13.4. The number of methoxy groups -OCH3 is 1. The lowest BCUT2D eigenvalue weighted by Crippen LogP contribution is -1.84. The maximum absolute atomic E-state index is 9.40. The molecule has 3 rings (SSSR count). The minimum absolute atomic E-state index is 0.657. The van der Waals surface area contributed by atoms with Gasteiger partial charge in [-0.15, -0.1) is 11.3 Å². The summed E-state index contributed by atoms with van der Waals surface area (Å²) in [5, 5.41) is 10.6. The van der Waals surface area contributed by atoms with E-state index in [9.17, 15) is 5.26 Å². The van der Waals surface area contributed by atoms with E-state index in [-0.39, 0.29) is 0 Å². The molecule has 3 heteroatoms. The summed E-state index contributed by atoms with van der Waals surface area (Å²) in [6.07, 6.45) is 1.94. The molecule has 0 amide bonds. The van der Waals surface area contributed by atoms with Crippen molar-refractivity contribution in [2.24, 2.45) is 0 Å². The maximum Gasteiger partial charge on any atom is 0.118 e. The second-order valence-electron chi connectivity index (χ2n) is 4.58. The standard InChI is InChI=1S/C18H13NOS/c1-20-16-8-6-13(7-9-16)15(12-19)11-17-10-14-4-2-3-5-18(14)21-17/h2-11H,1H3/b15-11+. The Hall–Kier alpha value is -2.57. The zero-order valence-electron chi connectivity index (χ0n) is 11.5. The molecule has 0 aliphatic heterocycles. The molecule has 0 saturated carbocycles. The van der Waals surface area contributed by atoms with Crippen molar-refractivity contribution in [1.82, 2.24) is 0 Å². The molecule has 0 N–H and O–H groups in total. The Morgan fingerprint density at radius 2 is 1.90 bits per heavy atom. The fourth-order valence-electron chi connectivity index (χ4n) is 2.17. The Labute approximate surface area is 127 Å². The van der Waals surface area contributed by atoms with Crippen molar-refractivity contribution in [3.05, 3.63) is 65.0 Å². The van der Waals surface area contributed by atoms with Crippen LogP contribution >= 0.6 is 11.3 Å². The van der Waals surface area contributed by atoms with Crippen LogP contribution in [0.5, 0.6) is 5.75 Å². The van der Waals surface area contributed by atoms with Crippen LogP contribution in [0.15, 0.2) is 54.6 Å². The maximum atomic E-state index is 9.40. The highest BCUT2D eigenvalue weighted by Crippen LogP contribution is 2.29. The molecule has 0 atom stereocenters. The number of ether oxygens (including phenoxy) is 1. The third-order valence-electron chi connectivity index (χ3n) is 3.25. The van der Waals surface area contributed by atoms with Gasteiger partial charge in [-0.2, -0.15) is 5.26 Å². The molecule has 0 aliphatic rings. The summed E-state index contributed by atoms with van der Waals surface area (Å²) in [7, 11) is 1.63. The fraction of sp³-hybridized carbons (Fsp3) is 0.0556. The van der Waals surface area contributed by atoms with E-state index in [0.29, 0.717) is 5.57 Å². The molecular formula is C18H13NOS. The lowest BCUT2D eigenvalue weighted by Gasteiger charge is -2.01. The molecule has 0 unspecified atom stereocenters. The summed E-state index contributed by atoms with van der Waals surface area (Å²) in [4.78, 5) is 1.09. The topological polar surface area (TPSA) is 33.0 Å². The van der Waals surface area contributed by atoms with Gasteiger partial charge in [0, 0.05) is 9.58 Å². The molecule has 21 heavy (non-hydrogen) atoms. The smallest absolute Gasteiger partial charge is 0.118 e. The number of benzene rings is 2. The lowest BCUT2D eigenvalue weighted by molar-refractivity contribution is 0.415. The first-order valence-corrected chi connectivity index (χ1v) is 7.36. The minimum Gasteiger partial charge on any atom is -0.497 e. The number of thiophene rings is 1. The van der Waals surface area contributed by atoms with Gasteiger partial charge in [-0.3, -0.25) is 0 Å². The minimum atomic E-state index is 0.657. The zero-order chi connectivity index (χ0) is 14.7. The van der Waals surface area contributed by atoms with E-state index in [2.05, 4.69) is 24.3 Å². The molecule has 0 bridgehead atoms. The highest BCUT2D eigenvalue weighted by Gasteiger charge is 2.04. The van der Waals surface area contributed by atoms with Crippen molar-refractivity contribution in [3.63, 3.8) is 0 Å².